The Balaban J connectivity index is 2.21. The molecule has 0 aromatic heterocycles. The summed E-state index contributed by atoms with van der Waals surface area (Å²) >= 11 is 0. The van der Waals surface area contributed by atoms with E-state index in [2.05, 4.69) is 98.5 Å². The molecular formula is C22H29N. The Morgan fingerprint density at radius 3 is 1.70 bits per heavy atom. The van der Waals surface area contributed by atoms with Gasteiger partial charge in [-0.3, -0.25) is 4.90 Å². The van der Waals surface area contributed by atoms with Crippen molar-refractivity contribution >= 4 is 0 Å². The first-order valence-corrected chi connectivity index (χ1v) is 8.63. The lowest BCUT2D eigenvalue weighted by Gasteiger charge is -2.31. The molecule has 23 heavy (non-hydrogen) atoms. The Hall–Kier alpha value is -1.86. The maximum Gasteiger partial charge on any atom is 0.0287 e. The van der Waals surface area contributed by atoms with E-state index in [4.69, 9.17) is 0 Å². The number of allylic oxidation sites excluding steroid dienone is 1. The number of hydrogen-bond acceptors (Lipinski definition) is 1. The second kappa shape index (κ2) is 9.32. The summed E-state index contributed by atoms with van der Waals surface area (Å²) in [4.78, 5) is 2.59. The first kappa shape index (κ1) is 17.5. The van der Waals surface area contributed by atoms with Crippen molar-refractivity contribution < 1.29 is 0 Å². The van der Waals surface area contributed by atoms with Gasteiger partial charge in [-0.05, 0) is 30.4 Å². The Kier molecular flexibility index (Phi) is 7.09. The van der Waals surface area contributed by atoms with Gasteiger partial charge in [0, 0.05) is 19.1 Å². The molecule has 0 saturated carbocycles. The highest BCUT2D eigenvalue weighted by molar-refractivity contribution is 5.18. The lowest BCUT2D eigenvalue weighted by molar-refractivity contribution is 0.189. The van der Waals surface area contributed by atoms with Gasteiger partial charge in [0.2, 0.25) is 0 Å². The molecule has 0 saturated heterocycles. The van der Waals surface area contributed by atoms with Crippen LogP contribution in [0.3, 0.4) is 0 Å². The van der Waals surface area contributed by atoms with E-state index >= 15 is 0 Å². The van der Waals surface area contributed by atoms with Crippen molar-refractivity contribution in [2.45, 2.75) is 46.3 Å². The minimum atomic E-state index is 0.473. The van der Waals surface area contributed by atoms with Crippen molar-refractivity contribution in [1.82, 2.24) is 4.90 Å². The molecule has 0 aliphatic rings. The quantitative estimate of drug-likeness (QED) is 0.567. The smallest absolute Gasteiger partial charge is 0.0287 e. The summed E-state index contributed by atoms with van der Waals surface area (Å²) in [6, 6.07) is 22.0. The third-order valence-corrected chi connectivity index (χ3v) is 4.05. The van der Waals surface area contributed by atoms with E-state index in [1.165, 1.54) is 17.5 Å². The summed E-state index contributed by atoms with van der Waals surface area (Å²) < 4.78 is 0. The molecule has 2 rings (SSSR count). The third-order valence-electron chi connectivity index (χ3n) is 4.05. The van der Waals surface area contributed by atoms with Gasteiger partial charge in [-0.2, -0.15) is 0 Å². The van der Waals surface area contributed by atoms with Gasteiger partial charge in [0.15, 0.2) is 0 Å². The van der Waals surface area contributed by atoms with Crippen LogP contribution in [0.1, 0.15) is 38.3 Å². The fourth-order valence-electron chi connectivity index (χ4n) is 2.98. The van der Waals surface area contributed by atoms with Crippen LogP contribution in [-0.4, -0.2) is 10.9 Å². The molecule has 1 atom stereocenters. The topological polar surface area (TPSA) is 3.24 Å². The van der Waals surface area contributed by atoms with Gasteiger partial charge < -0.3 is 0 Å². The highest BCUT2D eigenvalue weighted by atomic mass is 15.1. The third kappa shape index (κ3) is 6.03. The maximum absolute atomic E-state index is 2.59. The lowest BCUT2D eigenvalue weighted by atomic mass is 10.0. The van der Waals surface area contributed by atoms with Crippen molar-refractivity contribution in [2.24, 2.45) is 5.92 Å². The van der Waals surface area contributed by atoms with Crippen molar-refractivity contribution in [3.05, 3.63) is 83.9 Å². The van der Waals surface area contributed by atoms with E-state index in [0.717, 1.165) is 13.1 Å². The Morgan fingerprint density at radius 1 is 0.826 bits per heavy atom. The van der Waals surface area contributed by atoms with E-state index in [1.807, 2.05) is 0 Å². The highest BCUT2D eigenvalue weighted by Gasteiger charge is 2.18. The molecule has 0 fully saturated rings. The summed E-state index contributed by atoms with van der Waals surface area (Å²) in [5, 5.41) is 0. The molecule has 0 bridgehead atoms. The molecule has 0 aliphatic heterocycles. The Morgan fingerprint density at radius 2 is 1.30 bits per heavy atom. The number of nitrogens with zero attached hydrogens (tertiary/aromatic N) is 1. The van der Waals surface area contributed by atoms with Gasteiger partial charge in [0.25, 0.3) is 0 Å². The summed E-state index contributed by atoms with van der Waals surface area (Å²) in [7, 11) is 0. The predicted molar refractivity (Wildman–Crippen MR) is 100 cm³/mol. The van der Waals surface area contributed by atoms with Crippen LogP contribution in [0.25, 0.3) is 0 Å². The molecule has 2 aromatic carbocycles. The summed E-state index contributed by atoms with van der Waals surface area (Å²) in [6.45, 7) is 8.70. The van der Waals surface area contributed by atoms with Gasteiger partial charge in [-0.15, -0.1) is 0 Å². The van der Waals surface area contributed by atoms with E-state index < -0.39 is 0 Å². The van der Waals surface area contributed by atoms with Crippen LogP contribution < -0.4 is 0 Å². The molecule has 0 heterocycles. The molecule has 0 radical (unpaired) electrons. The first-order chi connectivity index (χ1) is 11.2. The van der Waals surface area contributed by atoms with Gasteiger partial charge >= 0.3 is 0 Å². The zero-order valence-corrected chi connectivity index (χ0v) is 14.7. The molecule has 1 heteroatoms. The predicted octanol–water partition coefficient (Wildman–Crippen LogP) is 5.68. The fraction of sp³-hybridized carbons (Fsp3) is 0.364. The van der Waals surface area contributed by atoms with Crippen molar-refractivity contribution in [2.75, 3.05) is 0 Å². The zero-order chi connectivity index (χ0) is 16.5. The summed E-state index contributed by atoms with van der Waals surface area (Å²) in [5.41, 5.74) is 2.75. The minimum absolute atomic E-state index is 0.473. The SMILES string of the molecule is C/C=C/[C@H](CC(C)C)N(Cc1ccccc1)Cc1ccccc1. The summed E-state index contributed by atoms with van der Waals surface area (Å²) in [5.74, 6) is 0.685. The van der Waals surface area contributed by atoms with Crippen molar-refractivity contribution in [3.63, 3.8) is 0 Å². The summed E-state index contributed by atoms with van der Waals surface area (Å²) in [6.07, 6.45) is 5.73. The lowest BCUT2D eigenvalue weighted by Crippen LogP contribution is -2.34. The van der Waals surface area contributed by atoms with Crippen molar-refractivity contribution in [3.8, 4) is 0 Å². The van der Waals surface area contributed by atoms with Crippen LogP contribution >= 0.6 is 0 Å². The standard InChI is InChI=1S/C22H29N/c1-4-11-22(16-19(2)3)23(17-20-12-7-5-8-13-20)18-21-14-9-6-10-15-21/h4-15,19,22H,16-18H2,1-3H3/b11-4+/t22-/m1/s1. The molecule has 2 aromatic rings. The van der Waals surface area contributed by atoms with Crippen LogP contribution in [0.5, 0.6) is 0 Å². The van der Waals surface area contributed by atoms with Crippen LogP contribution in [0.15, 0.2) is 72.8 Å². The zero-order valence-electron chi connectivity index (χ0n) is 14.7. The van der Waals surface area contributed by atoms with Gasteiger partial charge in [-0.1, -0.05) is 86.7 Å². The van der Waals surface area contributed by atoms with Crippen molar-refractivity contribution in [1.29, 1.82) is 0 Å². The minimum Gasteiger partial charge on any atom is -0.288 e. The average Bonchev–Trinajstić information content (AvgIpc) is 2.55. The van der Waals surface area contributed by atoms with Gasteiger partial charge in [0.05, 0.1) is 0 Å². The van der Waals surface area contributed by atoms with Gasteiger partial charge in [0.1, 0.15) is 0 Å². The number of benzene rings is 2. The Bertz CT molecular complexity index is 530. The van der Waals surface area contributed by atoms with E-state index in [-0.39, 0.29) is 0 Å². The number of hydrogen-bond donors (Lipinski definition) is 0. The van der Waals surface area contributed by atoms with Crippen LogP contribution in [0.4, 0.5) is 0 Å². The van der Waals surface area contributed by atoms with Crippen LogP contribution in [0, 0.1) is 5.92 Å². The maximum atomic E-state index is 2.59. The molecule has 0 N–H and O–H groups in total. The van der Waals surface area contributed by atoms with Crippen LogP contribution in [-0.2, 0) is 13.1 Å². The molecule has 1 nitrogen and oxygen atoms in total. The molecule has 0 spiro atoms. The van der Waals surface area contributed by atoms with E-state index in [0.29, 0.717) is 12.0 Å². The molecule has 0 unspecified atom stereocenters. The largest absolute Gasteiger partial charge is 0.288 e. The monoisotopic (exact) mass is 307 g/mol. The molecule has 0 amide bonds. The average molecular weight is 307 g/mol. The normalized spacial score (nSPS) is 13.1. The Labute approximate surface area is 141 Å². The van der Waals surface area contributed by atoms with E-state index in [9.17, 15) is 0 Å². The highest BCUT2D eigenvalue weighted by Crippen LogP contribution is 2.19. The molecular weight excluding hydrogens is 278 g/mol. The van der Waals surface area contributed by atoms with Gasteiger partial charge in [-0.25, -0.2) is 0 Å². The van der Waals surface area contributed by atoms with E-state index in [1.54, 1.807) is 0 Å². The number of rotatable bonds is 8. The van der Waals surface area contributed by atoms with Crippen LogP contribution in [0.2, 0.25) is 0 Å². The molecule has 122 valence electrons. The molecule has 0 aliphatic carbocycles. The second-order valence-electron chi connectivity index (χ2n) is 6.60. The second-order valence-corrected chi connectivity index (χ2v) is 6.60. The fourth-order valence-corrected chi connectivity index (χ4v) is 2.98. The first-order valence-electron chi connectivity index (χ1n) is 8.63.